The van der Waals surface area contributed by atoms with Crippen LogP contribution in [0.4, 0.5) is 5.69 Å². The summed E-state index contributed by atoms with van der Waals surface area (Å²) < 4.78 is 4.42. The van der Waals surface area contributed by atoms with Gasteiger partial charge in [-0.25, -0.2) is 9.83 Å². The molecule has 260 valence electrons. The number of pyridine rings is 2. The van der Waals surface area contributed by atoms with Gasteiger partial charge >= 0.3 is 0 Å². The van der Waals surface area contributed by atoms with Crippen LogP contribution < -0.4 is 20.7 Å². The van der Waals surface area contributed by atoms with Gasteiger partial charge in [0.1, 0.15) is 5.82 Å². The summed E-state index contributed by atoms with van der Waals surface area (Å²) in [6, 6.07) is 52.5. The molecule has 0 unspecified atom stereocenters. The van der Waals surface area contributed by atoms with Gasteiger partial charge in [0.2, 0.25) is 0 Å². The smallest absolute Gasteiger partial charge is 0.187 e. The normalized spacial score (nSPS) is 12.1. The van der Waals surface area contributed by atoms with Crippen molar-refractivity contribution in [2.45, 2.75) is 26.2 Å². The van der Waals surface area contributed by atoms with Crippen LogP contribution in [0.1, 0.15) is 26.3 Å². The lowest BCUT2D eigenvalue weighted by Gasteiger charge is -2.35. The van der Waals surface area contributed by atoms with Crippen molar-refractivity contribution in [1.29, 1.82) is 0 Å². The van der Waals surface area contributed by atoms with E-state index in [1.54, 1.807) is 0 Å². The topological polar surface area (TPSA) is 40.0 Å². The monoisotopic (exact) mass is 713 g/mol. The molecule has 0 fully saturated rings. The fourth-order valence-electron chi connectivity index (χ4n) is 8.20. The summed E-state index contributed by atoms with van der Waals surface area (Å²) in [7, 11) is -1.06. The second kappa shape index (κ2) is 12.8. The third-order valence-corrected chi connectivity index (χ3v) is 15.6. The summed E-state index contributed by atoms with van der Waals surface area (Å²) in [6.07, 6.45) is 5.93. The van der Waals surface area contributed by atoms with E-state index < -0.39 is 8.07 Å². The lowest BCUT2D eigenvalue weighted by Crippen LogP contribution is -2.74. The van der Waals surface area contributed by atoms with E-state index in [0.717, 1.165) is 44.2 Å². The zero-order chi connectivity index (χ0) is 37.0. The first-order valence-corrected chi connectivity index (χ1v) is 20.3. The van der Waals surface area contributed by atoms with Crippen molar-refractivity contribution in [3.63, 3.8) is 0 Å². The minimum atomic E-state index is -3.10. The number of fused-ring (bicyclic) bond motifs is 4. The molecule has 0 aliphatic heterocycles. The molecule has 54 heavy (non-hydrogen) atoms. The average Bonchev–Trinajstić information content (AvgIpc) is 3.75. The summed E-state index contributed by atoms with van der Waals surface area (Å²) >= 11 is 0. The van der Waals surface area contributed by atoms with Crippen LogP contribution in [0.15, 0.2) is 164 Å². The Morgan fingerprint density at radius 3 is 2.04 bits per heavy atom. The number of hydrogen-bond acceptors (Lipinski definition) is 2. The molecule has 0 saturated heterocycles. The van der Waals surface area contributed by atoms with Crippen molar-refractivity contribution >= 4 is 67.2 Å². The molecule has 0 amide bonds. The highest BCUT2D eigenvalue weighted by Crippen LogP contribution is 2.33. The molecule has 5 aromatic carbocycles. The van der Waals surface area contributed by atoms with E-state index in [1.165, 1.54) is 31.9 Å². The minimum Gasteiger partial charge on any atom is -0.349 e. The standard InChI is InChI=1S/C48H39N5Si/c1-48(2,3)35-22-24-50-47(29-35)53-44-19-13-12-18-41(44)42-21-20-39(31-45(42)53)54(37-14-8-6-9-15-37,38-16-10-7-11-17-38)40-27-34(26-36(30-40)49-4)43-28-33-23-25-52(5)46(33)32-51-43/h6-32H,1-3,5H3. The molecule has 0 bridgehead atoms. The van der Waals surface area contributed by atoms with Crippen molar-refractivity contribution < 1.29 is 0 Å². The van der Waals surface area contributed by atoms with E-state index in [-0.39, 0.29) is 5.41 Å². The van der Waals surface area contributed by atoms with E-state index in [2.05, 4.69) is 180 Å². The van der Waals surface area contributed by atoms with Gasteiger partial charge in [-0.2, -0.15) is 0 Å². The van der Waals surface area contributed by atoms with Gasteiger partial charge in [-0.15, -0.1) is 0 Å². The van der Waals surface area contributed by atoms with Crippen LogP contribution in [0.5, 0.6) is 0 Å². The largest absolute Gasteiger partial charge is 0.349 e. The van der Waals surface area contributed by atoms with Crippen LogP contribution in [0.25, 0.3) is 54.6 Å². The third-order valence-electron chi connectivity index (χ3n) is 10.9. The molecule has 0 aliphatic carbocycles. The zero-order valence-corrected chi connectivity index (χ0v) is 31.8. The second-order valence-electron chi connectivity index (χ2n) is 15.2. The fraction of sp³-hybridized carbons (Fsp3) is 0.104. The molecule has 6 heteroatoms. The molecule has 0 saturated carbocycles. The fourth-order valence-corrected chi connectivity index (χ4v) is 13.0. The van der Waals surface area contributed by atoms with Crippen LogP contribution in [0, 0.1) is 6.57 Å². The highest BCUT2D eigenvalue weighted by atomic mass is 28.3. The molecule has 0 atom stereocenters. The maximum Gasteiger partial charge on any atom is 0.187 e. The van der Waals surface area contributed by atoms with Crippen molar-refractivity contribution in [3.8, 4) is 17.1 Å². The van der Waals surface area contributed by atoms with E-state index >= 15 is 0 Å². The van der Waals surface area contributed by atoms with Gasteiger partial charge in [0.15, 0.2) is 13.8 Å². The molecule has 5 nitrogen and oxygen atoms in total. The summed E-state index contributed by atoms with van der Waals surface area (Å²) in [5, 5.41) is 8.33. The van der Waals surface area contributed by atoms with Gasteiger partial charge in [-0.3, -0.25) is 9.55 Å². The van der Waals surface area contributed by atoms with E-state index in [4.69, 9.17) is 16.5 Å². The molecular weight excluding hydrogens is 675 g/mol. The number of benzene rings is 5. The first kappa shape index (κ1) is 33.3. The molecule has 9 aromatic rings. The van der Waals surface area contributed by atoms with Gasteiger partial charge in [0.05, 0.1) is 35.0 Å². The van der Waals surface area contributed by atoms with Gasteiger partial charge in [-0.1, -0.05) is 129 Å². The molecule has 4 aromatic heterocycles. The van der Waals surface area contributed by atoms with Crippen LogP contribution in [0.2, 0.25) is 0 Å². The lowest BCUT2D eigenvalue weighted by molar-refractivity contribution is 0.588. The highest BCUT2D eigenvalue weighted by molar-refractivity contribution is 7.20. The van der Waals surface area contributed by atoms with Gasteiger partial charge in [-0.05, 0) is 74.6 Å². The zero-order valence-electron chi connectivity index (χ0n) is 30.8. The van der Waals surface area contributed by atoms with E-state index in [0.29, 0.717) is 5.69 Å². The van der Waals surface area contributed by atoms with Crippen molar-refractivity contribution in [2.75, 3.05) is 0 Å². The van der Waals surface area contributed by atoms with Crippen LogP contribution in [-0.2, 0) is 12.5 Å². The maximum atomic E-state index is 8.31. The Bertz CT molecular complexity index is 2850. The second-order valence-corrected chi connectivity index (χ2v) is 19.0. The summed E-state index contributed by atoms with van der Waals surface area (Å²) in [6.45, 7) is 15.0. The van der Waals surface area contributed by atoms with E-state index in [9.17, 15) is 0 Å². The Morgan fingerprint density at radius 1 is 0.611 bits per heavy atom. The third kappa shape index (κ3) is 5.36. The molecule has 0 aliphatic rings. The predicted octanol–water partition coefficient (Wildman–Crippen LogP) is 8.96. The summed E-state index contributed by atoms with van der Waals surface area (Å²) in [5.74, 6) is 0.900. The molecular formula is C48H39N5Si. The summed E-state index contributed by atoms with van der Waals surface area (Å²) in [5.41, 5.74) is 6.89. The minimum absolute atomic E-state index is 0.0319. The van der Waals surface area contributed by atoms with Gasteiger partial charge in [0, 0.05) is 35.6 Å². The van der Waals surface area contributed by atoms with Crippen molar-refractivity contribution in [3.05, 3.63) is 181 Å². The first-order chi connectivity index (χ1) is 26.3. The summed E-state index contributed by atoms with van der Waals surface area (Å²) in [4.78, 5) is 14.0. The number of aryl methyl sites for hydroxylation is 1. The molecule has 0 N–H and O–H groups in total. The Hall–Kier alpha value is -6.55. The van der Waals surface area contributed by atoms with Crippen molar-refractivity contribution in [1.82, 2.24) is 19.1 Å². The van der Waals surface area contributed by atoms with Gasteiger partial charge in [0.25, 0.3) is 0 Å². The molecule has 0 radical (unpaired) electrons. The number of para-hydroxylation sites is 1. The Kier molecular flexibility index (Phi) is 7.91. The van der Waals surface area contributed by atoms with E-state index in [1.807, 2.05) is 25.5 Å². The molecule has 0 spiro atoms. The number of rotatable bonds is 6. The molecule has 9 rings (SSSR count). The van der Waals surface area contributed by atoms with Gasteiger partial charge < -0.3 is 4.57 Å². The van der Waals surface area contributed by atoms with Crippen molar-refractivity contribution in [2.24, 2.45) is 7.05 Å². The highest BCUT2D eigenvalue weighted by Gasteiger charge is 2.42. The van der Waals surface area contributed by atoms with Crippen LogP contribution in [0.3, 0.4) is 0 Å². The van der Waals surface area contributed by atoms with Crippen LogP contribution in [-0.4, -0.2) is 27.2 Å². The predicted molar refractivity (Wildman–Crippen MR) is 227 cm³/mol. The Labute approximate surface area is 316 Å². The van der Waals surface area contributed by atoms with Crippen LogP contribution >= 0.6 is 0 Å². The number of hydrogen-bond donors (Lipinski definition) is 0. The Morgan fingerprint density at radius 2 is 1.31 bits per heavy atom. The first-order valence-electron chi connectivity index (χ1n) is 18.3. The maximum absolute atomic E-state index is 8.31. The average molecular weight is 714 g/mol. The molecule has 4 heterocycles. The lowest BCUT2D eigenvalue weighted by atomic mass is 9.88. The number of nitrogens with zero attached hydrogens (tertiary/aromatic N) is 5. The number of aromatic nitrogens is 4. The quantitative estimate of drug-likeness (QED) is 0.0981. The SMILES string of the molecule is [C-]#[N+]c1cc(-c2cc3ccn(C)c3cn2)cc([Si](c2ccccc2)(c2ccccc2)c2ccc3c4ccccc4n(-c4cc(C(C)(C)C)ccn4)c3c2)c1. The Balaban J connectivity index is 1.39.